The average molecular weight is 365 g/mol. The van der Waals surface area contributed by atoms with Gasteiger partial charge in [0.25, 0.3) is 5.91 Å². The Hall–Kier alpha value is -2.55. The molecule has 1 aliphatic heterocycles. The van der Waals surface area contributed by atoms with Crippen LogP contribution in [0.15, 0.2) is 30.5 Å². The summed E-state index contributed by atoms with van der Waals surface area (Å²) in [6, 6.07) is 6.09. The van der Waals surface area contributed by atoms with Crippen LogP contribution in [0.25, 0.3) is 0 Å². The van der Waals surface area contributed by atoms with E-state index >= 15 is 0 Å². The fraction of sp³-hybridized carbons (Fsp3) is 0.471. The third-order valence-electron chi connectivity index (χ3n) is 4.48. The molecule has 0 atom stereocenters. The minimum atomic E-state index is -2.96. The van der Waals surface area contributed by atoms with Crippen molar-refractivity contribution in [1.82, 2.24) is 19.9 Å². The fourth-order valence-electron chi connectivity index (χ4n) is 3.12. The summed E-state index contributed by atoms with van der Waals surface area (Å²) >= 11 is 0. The van der Waals surface area contributed by atoms with E-state index in [1.165, 1.54) is 12.1 Å². The van der Waals surface area contributed by atoms with Crippen LogP contribution in [0.5, 0.6) is 5.75 Å². The number of nitrogens with zero attached hydrogens (tertiary/aromatic N) is 4. The van der Waals surface area contributed by atoms with E-state index in [0.29, 0.717) is 25.6 Å². The van der Waals surface area contributed by atoms with Crippen molar-refractivity contribution in [2.24, 2.45) is 11.7 Å². The second-order valence-electron chi connectivity index (χ2n) is 6.25. The normalized spacial score (nSPS) is 15.5. The highest BCUT2D eigenvalue weighted by molar-refractivity contribution is 5.97. The first kappa shape index (κ1) is 18.2. The fourth-order valence-corrected chi connectivity index (χ4v) is 3.12. The van der Waals surface area contributed by atoms with E-state index in [1.807, 2.05) is 6.20 Å². The van der Waals surface area contributed by atoms with Crippen LogP contribution in [-0.2, 0) is 13.1 Å². The molecule has 7 nitrogen and oxygen atoms in total. The van der Waals surface area contributed by atoms with Crippen molar-refractivity contribution in [2.45, 2.75) is 32.5 Å². The number of aromatic nitrogens is 3. The van der Waals surface area contributed by atoms with Gasteiger partial charge in [0.1, 0.15) is 5.75 Å². The number of hydrogen-bond acceptors (Lipinski definition) is 5. The Morgan fingerprint density at radius 2 is 2.04 bits per heavy atom. The predicted octanol–water partition coefficient (Wildman–Crippen LogP) is 1.89. The minimum absolute atomic E-state index is 0.0912. The van der Waals surface area contributed by atoms with Gasteiger partial charge in [-0.05, 0) is 30.9 Å². The average Bonchev–Trinajstić information content (AvgIpc) is 3.09. The number of amides is 1. The van der Waals surface area contributed by atoms with Crippen LogP contribution >= 0.6 is 0 Å². The van der Waals surface area contributed by atoms with Gasteiger partial charge in [-0.2, -0.15) is 8.78 Å². The summed E-state index contributed by atoms with van der Waals surface area (Å²) in [7, 11) is 0. The summed E-state index contributed by atoms with van der Waals surface area (Å²) in [5.74, 6) is -0.00337. The van der Waals surface area contributed by atoms with Crippen molar-refractivity contribution >= 4 is 5.91 Å². The van der Waals surface area contributed by atoms with Crippen molar-refractivity contribution in [3.63, 3.8) is 0 Å². The maximum Gasteiger partial charge on any atom is 0.387 e. The van der Waals surface area contributed by atoms with Crippen molar-refractivity contribution in [2.75, 3.05) is 13.1 Å². The number of nitrogens with two attached hydrogens (primary N) is 1. The zero-order chi connectivity index (χ0) is 18.5. The molecule has 1 fully saturated rings. The summed E-state index contributed by atoms with van der Waals surface area (Å²) < 4.78 is 31.3. The molecule has 2 aromatic rings. The summed E-state index contributed by atoms with van der Waals surface area (Å²) in [5, 5.41) is 8.01. The second kappa shape index (κ2) is 8.22. The number of carbonyl (C=O) groups is 1. The Morgan fingerprint density at radius 1 is 1.31 bits per heavy atom. The summed E-state index contributed by atoms with van der Waals surface area (Å²) in [6.45, 7) is -0.765. The Bertz CT molecular complexity index is 744. The minimum Gasteiger partial charge on any atom is -0.434 e. The highest BCUT2D eigenvalue weighted by Crippen LogP contribution is 2.25. The molecule has 0 bridgehead atoms. The maximum absolute atomic E-state index is 12.7. The number of rotatable bonds is 6. The van der Waals surface area contributed by atoms with E-state index in [0.717, 1.165) is 25.1 Å². The van der Waals surface area contributed by atoms with E-state index in [-0.39, 0.29) is 17.2 Å². The first-order chi connectivity index (χ1) is 12.6. The standard InChI is InChI=1S/C17H21F2N5O2/c18-17(19)26-15-4-2-1-3-14(15)16(25)23-7-5-12(6-8-23)10-24-11-13(9-20)21-22-24/h1-4,11-12,17H,5-10,20H2. The largest absolute Gasteiger partial charge is 0.434 e. The molecule has 3 rings (SSSR count). The SMILES string of the molecule is NCc1cn(CC2CCN(C(=O)c3ccccc3OC(F)F)CC2)nn1. The number of halogens is 2. The molecule has 0 aliphatic carbocycles. The van der Waals surface area contributed by atoms with Gasteiger partial charge in [-0.3, -0.25) is 9.48 Å². The first-order valence-corrected chi connectivity index (χ1v) is 8.49. The number of alkyl halides is 2. The van der Waals surface area contributed by atoms with Crippen LogP contribution in [0.1, 0.15) is 28.9 Å². The van der Waals surface area contributed by atoms with Gasteiger partial charge >= 0.3 is 6.61 Å². The zero-order valence-electron chi connectivity index (χ0n) is 14.2. The molecule has 0 unspecified atom stereocenters. The molecule has 140 valence electrons. The van der Waals surface area contributed by atoms with E-state index in [2.05, 4.69) is 15.0 Å². The molecule has 1 aliphatic rings. The predicted molar refractivity (Wildman–Crippen MR) is 89.6 cm³/mol. The van der Waals surface area contributed by atoms with E-state index in [4.69, 9.17) is 5.73 Å². The van der Waals surface area contributed by atoms with Crippen LogP contribution in [0.3, 0.4) is 0 Å². The molecule has 1 aromatic heterocycles. The Balaban J connectivity index is 1.58. The lowest BCUT2D eigenvalue weighted by molar-refractivity contribution is -0.0503. The number of benzene rings is 1. The van der Waals surface area contributed by atoms with E-state index in [1.54, 1.807) is 21.7 Å². The van der Waals surface area contributed by atoms with Gasteiger partial charge in [-0.1, -0.05) is 17.3 Å². The van der Waals surface area contributed by atoms with E-state index in [9.17, 15) is 13.6 Å². The topological polar surface area (TPSA) is 86.3 Å². The number of carbonyl (C=O) groups excluding carboxylic acids is 1. The molecule has 0 saturated carbocycles. The number of hydrogen-bond donors (Lipinski definition) is 1. The Kier molecular flexibility index (Phi) is 5.77. The van der Waals surface area contributed by atoms with E-state index < -0.39 is 6.61 Å². The number of ether oxygens (including phenoxy) is 1. The van der Waals surface area contributed by atoms with Crippen molar-refractivity contribution < 1.29 is 18.3 Å². The highest BCUT2D eigenvalue weighted by atomic mass is 19.3. The summed E-state index contributed by atoms with van der Waals surface area (Å²) in [4.78, 5) is 14.3. The van der Waals surface area contributed by atoms with Crippen LogP contribution in [0, 0.1) is 5.92 Å². The van der Waals surface area contributed by atoms with Crippen LogP contribution in [0.4, 0.5) is 8.78 Å². The van der Waals surface area contributed by atoms with Crippen molar-refractivity contribution in [3.05, 3.63) is 41.7 Å². The molecule has 1 aromatic carbocycles. The highest BCUT2D eigenvalue weighted by Gasteiger charge is 2.26. The van der Waals surface area contributed by atoms with Gasteiger partial charge in [-0.25, -0.2) is 0 Å². The number of para-hydroxylation sites is 1. The van der Waals surface area contributed by atoms with Gasteiger partial charge in [0.2, 0.25) is 0 Å². The monoisotopic (exact) mass is 365 g/mol. The maximum atomic E-state index is 12.7. The summed E-state index contributed by atoms with van der Waals surface area (Å²) in [5.41, 5.74) is 6.43. The smallest absolute Gasteiger partial charge is 0.387 e. The third kappa shape index (κ3) is 4.34. The molecule has 1 saturated heterocycles. The second-order valence-corrected chi connectivity index (χ2v) is 6.25. The van der Waals surface area contributed by atoms with Crippen molar-refractivity contribution in [1.29, 1.82) is 0 Å². The number of likely N-dealkylation sites (tertiary alicyclic amines) is 1. The molecule has 2 heterocycles. The molecule has 0 spiro atoms. The lowest BCUT2D eigenvalue weighted by atomic mass is 9.96. The molecule has 9 heteroatoms. The van der Waals surface area contributed by atoms with Crippen LogP contribution in [-0.4, -0.2) is 45.5 Å². The third-order valence-corrected chi connectivity index (χ3v) is 4.48. The van der Waals surface area contributed by atoms with Crippen molar-refractivity contribution in [3.8, 4) is 5.75 Å². The summed E-state index contributed by atoms with van der Waals surface area (Å²) in [6.07, 6.45) is 3.44. The zero-order valence-corrected chi connectivity index (χ0v) is 14.2. The lowest BCUT2D eigenvalue weighted by Crippen LogP contribution is -2.39. The van der Waals surface area contributed by atoms with Gasteiger partial charge in [0.15, 0.2) is 0 Å². The molecule has 0 radical (unpaired) electrons. The quantitative estimate of drug-likeness (QED) is 0.845. The molecule has 26 heavy (non-hydrogen) atoms. The molecular weight excluding hydrogens is 344 g/mol. The van der Waals surface area contributed by atoms with Gasteiger partial charge in [0.05, 0.1) is 11.3 Å². The van der Waals surface area contributed by atoms with Crippen LogP contribution < -0.4 is 10.5 Å². The molecule has 1 amide bonds. The van der Waals surface area contributed by atoms with Gasteiger partial charge < -0.3 is 15.4 Å². The van der Waals surface area contributed by atoms with Crippen LogP contribution in [0.2, 0.25) is 0 Å². The molecular formula is C17H21F2N5O2. The van der Waals surface area contributed by atoms with Gasteiger partial charge in [0, 0.05) is 32.4 Å². The lowest BCUT2D eigenvalue weighted by Gasteiger charge is -2.32. The Labute approximate surface area is 149 Å². The van der Waals surface area contributed by atoms with Gasteiger partial charge in [-0.15, -0.1) is 5.10 Å². The first-order valence-electron chi connectivity index (χ1n) is 8.49. The number of piperidine rings is 1. The Morgan fingerprint density at radius 3 is 2.69 bits per heavy atom. The molecule has 2 N–H and O–H groups in total.